The van der Waals surface area contributed by atoms with Crippen LogP contribution in [0.25, 0.3) is 10.9 Å². The summed E-state index contributed by atoms with van der Waals surface area (Å²) in [4.78, 5) is 24.3. The lowest BCUT2D eigenvalue weighted by Crippen LogP contribution is -2.18. The summed E-state index contributed by atoms with van der Waals surface area (Å²) in [6, 6.07) is 9.69. The van der Waals surface area contributed by atoms with Gasteiger partial charge in [-0.05, 0) is 46.3 Å². The SMILES string of the molecule is CNC(=O)c1cccc(NC(=O)c2nn(C)c3ccc(Br)c(F)c23)c1. The zero-order valence-electron chi connectivity index (χ0n) is 13.4. The average molecular weight is 405 g/mol. The molecule has 0 saturated heterocycles. The molecule has 2 aromatic carbocycles. The maximum absolute atomic E-state index is 14.5. The maximum atomic E-state index is 14.5. The van der Waals surface area contributed by atoms with Crippen LogP contribution in [0.5, 0.6) is 0 Å². The number of carbonyl (C=O) groups is 2. The lowest BCUT2D eigenvalue weighted by molar-refractivity contribution is 0.0961. The molecule has 8 heteroatoms. The highest BCUT2D eigenvalue weighted by molar-refractivity contribution is 9.10. The number of rotatable bonds is 3. The first-order chi connectivity index (χ1) is 11.9. The number of carbonyl (C=O) groups excluding carboxylic acids is 2. The molecule has 25 heavy (non-hydrogen) atoms. The van der Waals surface area contributed by atoms with E-state index in [1.165, 1.54) is 17.8 Å². The van der Waals surface area contributed by atoms with Crippen LogP contribution < -0.4 is 10.6 Å². The zero-order chi connectivity index (χ0) is 18.1. The van der Waals surface area contributed by atoms with Gasteiger partial charge in [0.1, 0.15) is 5.82 Å². The number of anilines is 1. The molecule has 3 rings (SSSR count). The molecule has 1 aromatic heterocycles. The number of fused-ring (bicyclic) bond motifs is 1. The van der Waals surface area contributed by atoms with Gasteiger partial charge in [-0.1, -0.05) is 6.07 Å². The number of aryl methyl sites for hydroxylation is 1. The molecular formula is C17H14BrFN4O2. The van der Waals surface area contributed by atoms with Crippen LogP contribution in [0.15, 0.2) is 40.9 Å². The van der Waals surface area contributed by atoms with E-state index in [9.17, 15) is 14.0 Å². The zero-order valence-corrected chi connectivity index (χ0v) is 15.0. The van der Waals surface area contributed by atoms with Crippen molar-refractivity contribution in [3.63, 3.8) is 0 Å². The topological polar surface area (TPSA) is 76.0 Å². The fraction of sp³-hybridized carbons (Fsp3) is 0.118. The number of amides is 2. The van der Waals surface area contributed by atoms with Crippen molar-refractivity contribution in [1.29, 1.82) is 0 Å². The average Bonchev–Trinajstić information content (AvgIpc) is 2.95. The van der Waals surface area contributed by atoms with Gasteiger partial charge in [0.05, 0.1) is 15.4 Å². The van der Waals surface area contributed by atoms with Crippen molar-refractivity contribution in [2.75, 3.05) is 12.4 Å². The van der Waals surface area contributed by atoms with E-state index >= 15 is 0 Å². The molecule has 0 aliphatic carbocycles. The lowest BCUT2D eigenvalue weighted by atomic mass is 10.1. The van der Waals surface area contributed by atoms with Gasteiger partial charge in [0.2, 0.25) is 0 Å². The molecule has 0 saturated carbocycles. The van der Waals surface area contributed by atoms with Gasteiger partial charge in [0.15, 0.2) is 5.69 Å². The van der Waals surface area contributed by atoms with Gasteiger partial charge in [0.25, 0.3) is 11.8 Å². The van der Waals surface area contributed by atoms with E-state index < -0.39 is 11.7 Å². The van der Waals surface area contributed by atoms with Crippen LogP contribution in [0.1, 0.15) is 20.8 Å². The molecule has 0 unspecified atom stereocenters. The molecule has 2 N–H and O–H groups in total. The maximum Gasteiger partial charge on any atom is 0.276 e. The minimum absolute atomic E-state index is 0.0263. The highest BCUT2D eigenvalue weighted by atomic mass is 79.9. The number of nitrogens with one attached hydrogen (secondary N) is 2. The first-order valence-corrected chi connectivity index (χ1v) is 8.16. The van der Waals surface area contributed by atoms with Gasteiger partial charge in [-0.15, -0.1) is 0 Å². The third-order valence-electron chi connectivity index (χ3n) is 3.73. The Kier molecular flexibility index (Phi) is 4.54. The minimum Gasteiger partial charge on any atom is -0.355 e. The molecule has 2 amide bonds. The van der Waals surface area contributed by atoms with Crippen LogP contribution in [-0.4, -0.2) is 28.6 Å². The fourth-order valence-corrected chi connectivity index (χ4v) is 2.85. The molecule has 0 aliphatic rings. The summed E-state index contributed by atoms with van der Waals surface area (Å²) < 4.78 is 16.2. The molecule has 0 radical (unpaired) electrons. The second-order valence-electron chi connectivity index (χ2n) is 5.34. The molecule has 128 valence electrons. The van der Waals surface area contributed by atoms with E-state index in [1.807, 2.05) is 0 Å². The highest BCUT2D eigenvalue weighted by Crippen LogP contribution is 2.28. The largest absolute Gasteiger partial charge is 0.355 e. The summed E-state index contributed by atoms with van der Waals surface area (Å²) in [5, 5.41) is 9.43. The van der Waals surface area contributed by atoms with Crippen molar-refractivity contribution in [1.82, 2.24) is 15.1 Å². The van der Waals surface area contributed by atoms with Gasteiger partial charge in [-0.2, -0.15) is 5.10 Å². The fourth-order valence-electron chi connectivity index (χ4n) is 2.52. The smallest absolute Gasteiger partial charge is 0.276 e. The molecule has 0 aliphatic heterocycles. The van der Waals surface area contributed by atoms with Gasteiger partial charge in [-0.25, -0.2) is 4.39 Å². The highest BCUT2D eigenvalue weighted by Gasteiger charge is 2.21. The van der Waals surface area contributed by atoms with Crippen molar-refractivity contribution in [2.24, 2.45) is 7.05 Å². The van der Waals surface area contributed by atoms with E-state index in [1.54, 1.807) is 37.4 Å². The van der Waals surface area contributed by atoms with Crippen LogP contribution in [0.3, 0.4) is 0 Å². The Morgan fingerprint density at radius 1 is 1.20 bits per heavy atom. The van der Waals surface area contributed by atoms with E-state index in [0.29, 0.717) is 16.8 Å². The molecule has 6 nitrogen and oxygen atoms in total. The van der Waals surface area contributed by atoms with Crippen molar-refractivity contribution in [2.45, 2.75) is 0 Å². The minimum atomic E-state index is -0.559. The Bertz CT molecular complexity index is 1000. The quantitative estimate of drug-likeness (QED) is 0.703. The molecule has 0 spiro atoms. The van der Waals surface area contributed by atoms with Crippen LogP contribution >= 0.6 is 15.9 Å². The standard InChI is InChI=1S/C17H14BrFN4O2/c1-20-16(24)9-4-3-5-10(8-9)21-17(25)15-13-12(23(2)22-15)7-6-11(18)14(13)19/h3-8H,1-2H3,(H,20,24)(H,21,25). The predicted octanol–water partition coefficient (Wildman–Crippen LogP) is 3.09. The van der Waals surface area contributed by atoms with Crippen molar-refractivity contribution < 1.29 is 14.0 Å². The number of hydrogen-bond acceptors (Lipinski definition) is 3. The summed E-state index contributed by atoms with van der Waals surface area (Å²) in [7, 11) is 3.16. The summed E-state index contributed by atoms with van der Waals surface area (Å²) in [5.41, 5.74) is 1.30. The van der Waals surface area contributed by atoms with Crippen molar-refractivity contribution in [3.8, 4) is 0 Å². The molecule has 3 aromatic rings. The Morgan fingerprint density at radius 3 is 2.68 bits per heavy atom. The summed E-state index contributed by atoms with van der Waals surface area (Å²) in [5.74, 6) is -1.37. The Morgan fingerprint density at radius 2 is 1.96 bits per heavy atom. The Hall–Kier alpha value is -2.74. The van der Waals surface area contributed by atoms with Gasteiger partial charge in [0, 0.05) is 25.3 Å². The van der Waals surface area contributed by atoms with Crippen molar-refractivity contribution in [3.05, 3.63) is 57.9 Å². The number of aromatic nitrogens is 2. The van der Waals surface area contributed by atoms with E-state index in [2.05, 4.69) is 31.7 Å². The summed E-state index contributed by atoms with van der Waals surface area (Å²) in [6.07, 6.45) is 0. The van der Waals surface area contributed by atoms with Crippen molar-refractivity contribution >= 4 is 44.3 Å². The second kappa shape index (κ2) is 6.64. The molecule has 0 bridgehead atoms. The van der Waals surface area contributed by atoms with E-state index in [4.69, 9.17) is 0 Å². The van der Waals surface area contributed by atoms with Gasteiger partial charge in [-0.3, -0.25) is 14.3 Å². The first kappa shape index (κ1) is 17.1. The van der Waals surface area contributed by atoms with Crippen LogP contribution in [0.2, 0.25) is 0 Å². The Labute approximate surface area is 151 Å². The van der Waals surface area contributed by atoms with E-state index in [0.717, 1.165) is 0 Å². The third-order valence-corrected chi connectivity index (χ3v) is 4.35. The van der Waals surface area contributed by atoms with Crippen LogP contribution in [0.4, 0.5) is 10.1 Å². The van der Waals surface area contributed by atoms with Gasteiger partial charge < -0.3 is 10.6 Å². The number of nitrogens with zero attached hydrogens (tertiary/aromatic N) is 2. The second-order valence-corrected chi connectivity index (χ2v) is 6.20. The van der Waals surface area contributed by atoms with Crippen LogP contribution in [-0.2, 0) is 7.05 Å². The normalized spacial score (nSPS) is 10.7. The predicted molar refractivity (Wildman–Crippen MR) is 96.2 cm³/mol. The number of hydrogen-bond donors (Lipinski definition) is 2. The molecule has 0 fully saturated rings. The third kappa shape index (κ3) is 3.12. The lowest BCUT2D eigenvalue weighted by Gasteiger charge is -2.06. The first-order valence-electron chi connectivity index (χ1n) is 7.36. The molecule has 1 heterocycles. The molecular weight excluding hydrogens is 391 g/mol. The number of benzene rings is 2. The Balaban J connectivity index is 1.99. The summed E-state index contributed by atoms with van der Waals surface area (Å²) >= 11 is 3.12. The van der Waals surface area contributed by atoms with Crippen LogP contribution in [0, 0.1) is 5.82 Å². The molecule has 0 atom stereocenters. The van der Waals surface area contributed by atoms with Gasteiger partial charge >= 0.3 is 0 Å². The number of halogens is 2. The monoisotopic (exact) mass is 404 g/mol. The summed E-state index contributed by atoms with van der Waals surface area (Å²) in [6.45, 7) is 0. The van der Waals surface area contributed by atoms with E-state index in [-0.39, 0.29) is 21.5 Å².